The number of aryl methyl sites for hydroxylation is 1. The van der Waals surface area contributed by atoms with Crippen molar-refractivity contribution in [1.29, 1.82) is 0 Å². The monoisotopic (exact) mass is 363 g/mol. The maximum atomic E-state index is 12.2. The quantitative estimate of drug-likeness (QED) is 0.886. The topological polar surface area (TPSA) is 54.5 Å². The van der Waals surface area contributed by atoms with E-state index in [2.05, 4.69) is 32.7 Å². The first kappa shape index (κ1) is 16.2. The number of rotatable bonds is 5. The number of carbonyl (C=O) groups excluding carboxylic acids is 1. The zero-order valence-electron chi connectivity index (χ0n) is 13.6. The molecule has 7 heteroatoms. The molecule has 4 rings (SSSR count). The van der Waals surface area contributed by atoms with E-state index >= 15 is 0 Å². The summed E-state index contributed by atoms with van der Waals surface area (Å²) in [4.78, 5) is 20.3. The van der Waals surface area contributed by atoms with Gasteiger partial charge in [-0.05, 0) is 18.4 Å². The molecule has 2 fully saturated rings. The lowest BCUT2D eigenvalue weighted by Crippen LogP contribution is -2.34. The summed E-state index contributed by atoms with van der Waals surface area (Å²) in [5.74, 6) is 0.839. The molecule has 2 aliphatic rings. The Morgan fingerprint density at radius 1 is 1.46 bits per heavy atom. The molecule has 0 bridgehead atoms. The third-order valence-corrected chi connectivity index (χ3v) is 6.49. The largest absolute Gasteiger partial charge is 0.376 e. The first-order valence-electron chi connectivity index (χ1n) is 8.25. The average Bonchev–Trinajstić information content (AvgIpc) is 3.31. The minimum atomic E-state index is -0.0729. The predicted octanol–water partition coefficient (Wildman–Crippen LogP) is 2.39. The molecule has 2 saturated heterocycles. The van der Waals surface area contributed by atoms with Crippen molar-refractivity contribution in [2.75, 3.05) is 26.2 Å². The summed E-state index contributed by atoms with van der Waals surface area (Å²) < 4.78 is 5.98. The average molecular weight is 364 g/mol. The highest BCUT2D eigenvalue weighted by Gasteiger charge is 2.43. The molecule has 2 aliphatic heterocycles. The molecule has 2 aromatic rings. The van der Waals surface area contributed by atoms with Gasteiger partial charge in [-0.2, -0.15) is 0 Å². The normalized spacial score (nSPS) is 26.6. The fraction of sp³-hybridized carbons (Fsp3) is 0.529. The van der Waals surface area contributed by atoms with Crippen molar-refractivity contribution in [2.45, 2.75) is 19.6 Å². The molecule has 3 atom stereocenters. The Hall–Kier alpha value is -1.28. The summed E-state index contributed by atoms with van der Waals surface area (Å²) in [6, 6.07) is 4.29. The van der Waals surface area contributed by atoms with Gasteiger partial charge in [0.1, 0.15) is 5.69 Å². The van der Waals surface area contributed by atoms with Gasteiger partial charge in [0.05, 0.1) is 17.7 Å². The Labute approximate surface area is 149 Å². The second-order valence-corrected chi connectivity index (χ2v) is 8.63. The molecule has 0 unspecified atom stereocenters. The van der Waals surface area contributed by atoms with Crippen LogP contribution in [0.25, 0.3) is 0 Å². The number of nitrogens with zero attached hydrogens (tertiary/aromatic N) is 2. The van der Waals surface area contributed by atoms with Crippen LogP contribution in [0.2, 0.25) is 0 Å². The van der Waals surface area contributed by atoms with Crippen LogP contribution in [0.4, 0.5) is 0 Å². The maximum absolute atomic E-state index is 12.2. The van der Waals surface area contributed by atoms with E-state index in [1.807, 2.05) is 12.3 Å². The summed E-state index contributed by atoms with van der Waals surface area (Å²) in [6.45, 7) is 6.39. The van der Waals surface area contributed by atoms with E-state index in [4.69, 9.17) is 4.74 Å². The first-order chi connectivity index (χ1) is 11.7. The molecule has 1 N–H and O–H groups in total. The highest BCUT2D eigenvalue weighted by atomic mass is 32.1. The van der Waals surface area contributed by atoms with E-state index < -0.39 is 0 Å². The summed E-state index contributed by atoms with van der Waals surface area (Å²) >= 11 is 3.31. The summed E-state index contributed by atoms with van der Waals surface area (Å²) in [5, 5.41) is 7.90. The Bertz CT molecular complexity index is 701. The van der Waals surface area contributed by atoms with Gasteiger partial charge in [-0.25, -0.2) is 4.98 Å². The second-order valence-electron chi connectivity index (χ2n) is 6.53. The molecule has 5 nitrogen and oxygen atoms in total. The van der Waals surface area contributed by atoms with Crippen LogP contribution in [0.15, 0.2) is 22.9 Å². The standard InChI is InChI=1S/C17H21N3O2S2/c1-11-19-15(10-24-11)17(21)18-5-12-9-22-16-8-20(7-14(12)16)6-13-3-2-4-23-13/h2-4,10,12,14,16H,5-9H2,1H3,(H,18,21)/t12-,14+,16+/m1/s1. The number of hydrogen-bond acceptors (Lipinski definition) is 6. The number of nitrogens with one attached hydrogen (secondary N) is 1. The van der Waals surface area contributed by atoms with Gasteiger partial charge in [0.2, 0.25) is 0 Å². The Balaban J connectivity index is 1.30. The number of thiophene rings is 1. The molecule has 0 aliphatic carbocycles. The molecule has 24 heavy (non-hydrogen) atoms. The minimum absolute atomic E-state index is 0.0729. The van der Waals surface area contributed by atoms with Gasteiger partial charge in [-0.3, -0.25) is 9.69 Å². The maximum Gasteiger partial charge on any atom is 0.270 e. The Morgan fingerprint density at radius 2 is 2.38 bits per heavy atom. The number of thiazole rings is 1. The van der Waals surface area contributed by atoms with E-state index in [0.717, 1.165) is 31.2 Å². The lowest BCUT2D eigenvalue weighted by atomic mass is 9.93. The van der Waals surface area contributed by atoms with Gasteiger partial charge in [0.15, 0.2) is 0 Å². The van der Waals surface area contributed by atoms with Crippen molar-refractivity contribution >= 4 is 28.6 Å². The fourth-order valence-corrected chi connectivity index (χ4v) is 4.96. The molecule has 0 radical (unpaired) electrons. The van der Waals surface area contributed by atoms with Gasteiger partial charge >= 0.3 is 0 Å². The molecule has 0 saturated carbocycles. The van der Waals surface area contributed by atoms with Crippen LogP contribution in [0, 0.1) is 18.8 Å². The van der Waals surface area contributed by atoms with Crippen LogP contribution in [0.3, 0.4) is 0 Å². The first-order valence-corrected chi connectivity index (χ1v) is 10.0. The number of hydrogen-bond donors (Lipinski definition) is 1. The van der Waals surface area contributed by atoms with Gasteiger partial charge in [-0.15, -0.1) is 22.7 Å². The van der Waals surface area contributed by atoms with Gasteiger partial charge in [-0.1, -0.05) is 6.07 Å². The van der Waals surface area contributed by atoms with E-state index in [1.165, 1.54) is 16.2 Å². The number of aromatic nitrogens is 1. The van der Waals surface area contributed by atoms with Crippen LogP contribution < -0.4 is 5.32 Å². The predicted molar refractivity (Wildman–Crippen MR) is 95.5 cm³/mol. The van der Waals surface area contributed by atoms with E-state index in [1.54, 1.807) is 11.3 Å². The fourth-order valence-electron chi connectivity index (χ4n) is 3.62. The van der Waals surface area contributed by atoms with E-state index in [-0.39, 0.29) is 5.91 Å². The number of amides is 1. The molecule has 0 aromatic carbocycles. The third kappa shape index (κ3) is 3.39. The SMILES string of the molecule is Cc1nc(C(=O)NC[C@@H]2CO[C@H]3CN(Cc4cccs4)C[C@@H]23)cs1. The van der Waals surface area contributed by atoms with Crippen LogP contribution in [0.1, 0.15) is 20.4 Å². The van der Waals surface area contributed by atoms with Crippen molar-refractivity contribution < 1.29 is 9.53 Å². The van der Waals surface area contributed by atoms with Crippen molar-refractivity contribution in [3.63, 3.8) is 0 Å². The van der Waals surface area contributed by atoms with Gasteiger partial charge < -0.3 is 10.1 Å². The lowest BCUT2D eigenvalue weighted by Gasteiger charge is -2.19. The van der Waals surface area contributed by atoms with E-state index in [0.29, 0.717) is 30.2 Å². The zero-order valence-corrected chi connectivity index (χ0v) is 15.2. The third-order valence-electron chi connectivity index (χ3n) is 4.85. The van der Waals surface area contributed by atoms with Gasteiger partial charge in [0.25, 0.3) is 5.91 Å². The highest BCUT2D eigenvalue weighted by Crippen LogP contribution is 2.34. The smallest absolute Gasteiger partial charge is 0.270 e. The van der Waals surface area contributed by atoms with Crippen LogP contribution in [-0.4, -0.2) is 48.1 Å². The minimum Gasteiger partial charge on any atom is -0.376 e. The number of likely N-dealkylation sites (tertiary alicyclic amines) is 1. The van der Waals surface area contributed by atoms with Crippen LogP contribution >= 0.6 is 22.7 Å². The Kier molecular flexibility index (Phi) is 4.67. The molecule has 0 spiro atoms. The Morgan fingerprint density at radius 3 is 3.12 bits per heavy atom. The zero-order chi connectivity index (χ0) is 16.5. The summed E-state index contributed by atoms with van der Waals surface area (Å²) in [6.07, 6.45) is 0.313. The molecular weight excluding hydrogens is 342 g/mol. The van der Waals surface area contributed by atoms with E-state index in [9.17, 15) is 4.79 Å². The molecule has 128 valence electrons. The van der Waals surface area contributed by atoms with Crippen molar-refractivity contribution in [1.82, 2.24) is 15.2 Å². The van der Waals surface area contributed by atoms with Crippen LogP contribution in [0.5, 0.6) is 0 Å². The lowest BCUT2D eigenvalue weighted by molar-refractivity contribution is 0.0902. The van der Waals surface area contributed by atoms with Crippen molar-refractivity contribution in [3.05, 3.63) is 38.5 Å². The van der Waals surface area contributed by atoms with Crippen molar-refractivity contribution in [2.24, 2.45) is 11.8 Å². The highest BCUT2D eigenvalue weighted by molar-refractivity contribution is 7.10. The molecular formula is C17H21N3O2S2. The number of carbonyl (C=O) groups is 1. The number of ether oxygens (including phenoxy) is 1. The number of fused-ring (bicyclic) bond motifs is 1. The summed E-state index contributed by atoms with van der Waals surface area (Å²) in [7, 11) is 0. The molecule has 4 heterocycles. The van der Waals surface area contributed by atoms with Gasteiger partial charge in [0, 0.05) is 48.3 Å². The van der Waals surface area contributed by atoms with Crippen LogP contribution in [-0.2, 0) is 11.3 Å². The summed E-state index contributed by atoms with van der Waals surface area (Å²) in [5.41, 5.74) is 0.527. The second kappa shape index (κ2) is 6.92. The molecule has 1 amide bonds. The van der Waals surface area contributed by atoms with Crippen molar-refractivity contribution in [3.8, 4) is 0 Å². The molecule has 2 aromatic heterocycles.